The van der Waals surface area contributed by atoms with Gasteiger partial charge in [0.05, 0.1) is 4.58 Å². The molecule has 2 N–H and O–H groups in total. The molecule has 2 fully saturated rings. The second kappa shape index (κ2) is 7.07. The number of rotatable bonds is 3. The summed E-state index contributed by atoms with van der Waals surface area (Å²) in [6, 6.07) is 8.23. The molecular formula is C16H22N2OS2. The highest BCUT2D eigenvalue weighted by molar-refractivity contribution is 8.19. The molecular weight excluding hydrogens is 300 g/mol. The van der Waals surface area contributed by atoms with Crippen molar-refractivity contribution in [3.8, 4) is 0 Å². The lowest BCUT2D eigenvalue weighted by atomic mass is 9.96. The molecule has 0 aliphatic carbocycles. The number of hydrogen-bond donors (Lipinski definition) is 1. The van der Waals surface area contributed by atoms with Crippen LogP contribution in [0.25, 0.3) is 0 Å². The number of piperidine rings is 1. The molecule has 21 heavy (non-hydrogen) atoms. The number of nitrogens with two attached hydrogens (primary N) is 1. The lowest BCUT2D eigenvalue weighted by Gasteiger charge is -2.31. The highest BCUT2D eigenvalue weighted by Gasteiger charge is 2.23. The van der Waals surface area contributed by atoms with Crippen LogP contribution in [-0.4, -0.2) is 41.9 Å². The molecule has 3 rings (SSSR count). The van der Waals surface area contributed by atoms with Crippen LogP contribution < -0.4 is 5.73 Å². The van der Waals surface area contributed by atoms with Crippen molar-refractivity contribution in [1.29, 1.82) is 0 Å². The maximum Gasteiger partial charge on any atom is 0.253 e. The van der Waals surface area contributed by atoms with E-state index in [2.05, 4.69) is 12.1 Å². The Kier molecular flexibility index (Phi) is 5.14. The summed E-state index contributed by atoms with van der Waals surface area (Å²) < 4.78 is 0.550. The zero-order chi connectivity index (χ0) is 14.7. The maximum absolute atomic E-state index is 12.5. The minimum Gasteiger partial charge on any atom is -0.339 e. The molecule has 0 unspecified atom stereocenters. The molecule has 2 aliphatic heterocycles. The van der Waals surface area contributed by atoms with Crippen molar-refractivity contribution in [3.05, 3.63) is 35.4 Å². The Balaban J connectivity index is 1.62. The molecule has 2 aliphatic rings. The highest BCUT2D eigenvalue weighted by Crippen LogP contribution is 2.45. The fourth-order valence-corrected chi connectivity index (χ4v) is 5.75. The fraction of sp³-hybridized carbons (Fsp3) is 0.562. The normalized spacial score (nSPS) is 20.9. The summed E-state index contributed by atoms with van der Waals surface area (Å²) in [6.45, 7) is 2.43. The lowest BCUT2D eigenvalue weighted by Crippen LogP contribution is -2.40. The third-order valence-electron chi connectivity index (χ3n) is 4.29. The van der Waals surface area contributed by atoms with E-state index >= 15 is 0 Å². The Hall–Kier alpha value is -0.650. The van der Waals surface area contributed by atoms with E-state index < -0.39 is 0 Å². The van der Waals surface area contributed by atoms with E-state index in [1.54, 1.807) is 0 Å². The van der Waals surface area contributed by atoms with Crippen LogP contribution in [0.3, 0.4) is 0 Å². The number of carbonyl (C=O) groups excluding carboxylic acids is 1. The van der Waals surface area contributed by atoms with Crippen molar-refractivity contribution in [2.45, 2.75) is 17.4 Å². The molecule has 2 saturated heterocycles. The molecule has 114 valence electrons. The fourth-order valence-electron chi connectivity index (χ4n) is 2.89. The quantitative estimate of drug-likeness (QED) is 0.929. The Labute approximate surface area is 135 Å². The van der Waals surface area contributed by atoms with Crippen LogP contribution in [0.1, 0.15) is 33.3 Å². The van der Waals surface area contributed by atoms with Crippen LogP contribution in [0.4, 0.5) is 0 Å². The summed E-state index contributed by atoms with van der Waals surface area (Å²) >= 11 is 3.99. The SMILES string of the molecule is NCC1CCN(C(=O)c2ccc(C3SCCS3)cc2)CC1. The molecule has 1 aromatic rings. The van der Waals surface area contributed by atoms with Crippen molar-refractivity contribution in [3.63, 3.8) is 0 Å². The topological polar surface area (TPSA) is 46.3 Å². The van der Waals surface area contributed by atoms with E-state index in [1.165, 1.54) is 17.1 Å². The van der Waals surface area contributed by atoms with E-state index in [9.17, 15) is 4.79 Å². The van der Waals surface area contributed by atoms with E-state index in [0.717, 1.165) is 38.0 Å². The molecule has 3 nitrogen and oxygen atoms in total. The van der Waals surface area contributed by atoms with Gasteiger partial charge in [0.1, 0.15) is 0 Å². The minimum absolute atomic E-state index is 0.170. The van der Waals surface area contributed by atoms with Crippen molar-refractivity contribution in [1.82, 2.24) is 4.90 Å². The van der Waals surface area contributed by atoms with Gasteiger partial charge in [-0.15, -0.1) is 23.5 Å². The Morgan fingerprint density at radius 2 is 1.76 bits per heavy atom. The van der Waals surface area contributed by atoms with Crippen LogP contribution in [0.2, 0.25) is 0 Å². The van der Waals surface area contributed by atoms with Gasteiger partial charge in [-0.1, -0.05) is 12.1 Å². The molecule has 0 radical (unpaired) electrons. The summed E-state index contributed by atoms with van der Waals surface area (Å²) in [5.74, 6) is 3.22. The van der Waals surface area contributed by atoms with Gasteiger partial charge in [-0.05, 0) is 43.0 Å². The maximum atomic E-state index is 12.5. The van der Waals surface area contributed by atoms with E-state index in [4.69, 9.17) is 5.73 Å². The molecule has 0 spiro atoms. The van der Waals surface area contributed by atoms with E-state index in [0.29, 0.717) is 10.5 Å². The van der Waals surface area contributed by atoms with Crippen molar-refractivity contribution < 1.29 is 4.79 Å². The van der Waals surface area contributed by atoms with Crippen molar-refractivity contribution in [2.75, 3.05) is 31.1 Å². The summed E-state index contributed by atoms with van der Waals surface area (Å²) in [4.78, 5) is 14.5. The van der Waals surface area contributed by atoms with Crippen molar-refractivity contribution >= 4 is 29.4 Å². The average Bonchev–Trinajstić information content (AvgIpc) is 3.09. The van der Waals surface area contributed by atoms with Crippen LogP contribution in [0, 0.1) is 5.92 Å². The van der Waals surface area contributed by atoms with Gasteiger partial charge in [0, 0.05) is 30.2 Å². The highest BCUT2D eigenvalue weighted by atomic mass is 32.2. The number of nitrogens with zero attached hydrogens (tertiary/aromatic N) is 1. The first kappa shape index (κ1) is 15.3. The second-order valence-corrected chi connectivity index (χ2v) is 8.39. The molecule has 0 saturated carbocycles. The lowest BCUT2D eigenvalue weighted by molar-refractivity contribution is 0.0693. The number of hydrogen-bond acceptors (Lipinski definition) is 4. The standard InChI is InChI=1S/C16H22N2OS2/c17-11-12-5-7-18(8-6-12)15(19)13-1-3-14(4-2-13)16-20-9-10-21-16/h1-4,12,16H,5-11,17H2. The smallest absolute Gasteiger partial charge is 0.253 e. The van der Waals surface area contributed by atoms with Gasteiger partial charge in [0.25, 0.3) is 5.91 Å². The largest absolute Gasteiger partial charge is 0.339 e. The second-order valence-electron chi connectivity index (χ2n) is 5.67. The predicted octanol–water partition coefficient (Wildman–Crippen LogP) is 2.98. The van der Waals surface area contributed by atoms with Gasteiger partial charge in [0.15, 0.2) is 0 Å². The third-order valence-corrected chi connectivity index (χ3v) is 7.39. The van der Waals surface area contributed by atoms with Gasteiger partial charge in [-0.2, -0.15) is 0 Å². The predicted molar refractivity (Wildman–Crippen MR) is 91.8 cm³/mol. The number of likely N-dealkylation sites (tertiary alicyclic amines) is 1. The van der Waals surface area contributed by atoms with Gasteiger partial charge >= 0.3 is 0 Å². The van der Waals surface area contributed by atoms with E-state index in [1.807, 2.05) is 40.6 Å². The summed E-state index contributed by atoms with van der Waals surface area (Å²) in [5.41, 5.74) is 7.86. The van der Waals surface area contributed by atoms with E-state index in [-0.39, 0.29) is 5.91 Å². The van der Waals surface area contributed by atoms with Crippen LogP contribution >= 0.6 is 23.5 Å². The van der Waals surface area contributed by atoms with Crippen LogP contribution in [0.15, 0.2) is 24.3 Å². The summed E-state index contributed by atoms with van der Waals surface area (Å²) in [5, 5.41) is 0. The number of carbonyl (C=O) groups is 1. The van der Waals surface area contributed by atoms with Gasteiger partial charge in [-0.25, -0.2) is 0 Å². The molecule has 1 aromatic carbocycles. The minimum atomic E-state index is 0.170. The molecule has 0 bridgehead atoms. The van der Waals surface area contributed by atoms with Gasteiger partial charge in [0.2, 0.25) is 0 Å². The monoisotopic (exact) mass is 322 g/mol. The molecule has 0 aromatic heterocycles. The third kappa shape index (κ3) is 3.58. The molecule has 0 atom stereocenters. The number of amides is 1. The molecule has 5 heteroatoms. The van der Waals surface area contributed by atoms with Crippen molar-refractivity contribution in [2.24, 2.45) is 11.7 Å². The Morgan fingerprint density at radius 1 is 1.14 bits per heavy atom. The van der Waals surface area contributed by atoms with Crippen LogP contribution in [-0.2, 0) is 0 Å². The summed E-state index contributed by atoms with van der Waals surface area (Å²) in [6.07, 6.45) is 2.07. The zero-order valence-corrected chi connectivity index (χ0v) is 13.8. The van der Waals surface area contributed by atoms with Gasteiger partial charge < -0.3 is 10.6 Å². The first-order valence-corrected chi connectivity index (χ1v) is 9.70. The Morgan fingerprint density at radius 3 is 2.33 bits per heavy atom. The average molecular weight is 322 g/mol. The first-order chi connectivity index (χ1) is 10.3. The number of thioether (sulfide) groups is 2. The van der Waals surface area contributed by atoms with Crippen LogP contribution in [0.5, 0.6) is 0 Å². The first-order valence-electron chi connectivity index (χ1n) is 7.60. The number of benzene rings is 1. The van der Waals surface area contributed by atoms with Gasteiger partial charge in [-0.3, -0.25) is 4.79 Å². The molecule has 2 heterocycles. The zero-order valence-electron chi connectivity index (χ0n) is 12.2. The summed E-state index contributed by atoms with van der Waals surface area (Å²) in [7, 11) is 0. The molecule has 1 amide bonds. The Bertz CT molecular complexity index is 478.